The van der Waals surface area contributed by atoms with Crippen LogP contribution in [0.3, 0.4) is 0 Å². The minimum Gasteiger partial charge on any atom is -0.381 e. The highest BCUT2D eigenvalue weighted by Gasteiger charge is 2.34. The van der Waals surface area contributed by atoms with Gasteiger partial charge >= 0.3 is 0 Å². The fourth-order valence-electron chi connectivity index (χ4n) is 4.33. The van der Waals surface area contributed by atoms with E-state index in [1.807, 2.05) is 7.05 Å². The number of benzene rings is 1. The van der Waals surface area contributed by atoms with Gasteiger partial charge in [-0.25, -0.2) is 0 Å². The largest absolute Gasteiger partial charge is 0.381 e. The number of hydrogen-bond acceptors (Lipinski definition) is 4. The van der Waals surface area contributed by atoms with Crippen LogP contribution in [0.2, 0.25) is 0 Å². The van der Waals surface area contributed by atoms with Crippen molar-refractivity contribution in [3.63, 3.8) is 0 Å². The third-order valence-electron chi connectivity index (χ3n) is 6.48. The van der Waals surface area contributed by atoms with E-state index in [4.69, 9.17) is 4.74 Å². The van der Waals surface area contributed by atoms with Gasteiger partial charge in [-0.1, -0.05) is 44.2 Å². The molecule has 0 amide bonds. The van der Waals surface area contributed by atoms with Gasteiger partial charge in [-0.15, -0.1) is 0 Å². The summed E-state index contributed by atoms with van der Waals surface area (Å²) >= 11 is 0. The van der Waals surface area contributed by atoms with Crippen LogP contribution in [0.1, 0.15) is 65.0 Å². The summed E-state index contributed by atoms with van der Waals surface area (Å²) < 4.78 is 5.67. The van der Waals surface area contributed by atoms with Crippen LogP contribution in [0.4, 0.5) is 0 Å². The van der Waals surface area contributed by atoms with Crippen molar-refractivity contribution in [2.24, 2.45) is 4.99 Å². The van der Waals surface area contributed by atoms with Crippen molar-refractivity contribution >= 4 is 5.96 Å². The Morgan fingerprint density at radius 2 is 1.81 bits per heavy atom. The van der Waals surface area contributed by atoms with E-state index >= 15 is 0 Å². The Balaban J connectivity index is 1.87. The Kier molecular flexibility index (Phi) is 11.3. The first-order valence-corrected chi connectivity index (χ1v) is 12.1. The molecule has 2 rings (SSSR count). The highest BCUT2D eigenvalue weighted by molar-refractivity contribution is 5.80. The molecule has 31 heavy (non-hydrogen) atoms. The van der Waals surface area contributed by atoms with E-state index in [1.54, 1.807) is 0 Å². The molecule has 1 aliphatic heterocycles. The fourth-order valence-corrected chi connectivity index (χ4v) is 4.33. The Morgan fingerprint density at radius 1 is 1.13 bits per heavy atom. The lowest BCUT2D eigenvalue weighted by Gasteiger charge is -2.41. The fraction of sp³-hybridized carbons (Fsp3) is 0.720. The number of ether oxygens (including phenoxy) is 1. The number of nitrogens with one attached hydrogen (secondary N) is 3. The zero-order chi connectivity index (χ0) is 22.5. The monoisotopic (exact) mass is 431 g/mol. The SMILES string of the molecule is CCN(CC)CCCC(C)NC(=NC)NCC1(NC(C)c2ccccc2)CCOCC1. The lowest BCUT2D eigenvalue weighted by Crippen LogP contribution is -2.58. The third kappa shape index (κ3) is 8.79. The highest BCUT2D eigenvalue weighted by Crippen LogP contribution is 2.25. The summed E-state index contributed by atoms with van der Waals surface area (Å²) in [6, 6.07) is 11.3. The molecule has 0 radical (unpaired) electrons. The molecule has 0 saturated carbocycles. The first-order chi connectivity index (χ1) is 15.0. The second kappa shape index (κ2) is 13.7. The maximum atomic E-state index is 5.67. The molecule has 1 aromatic carbocycles. The van der Waals surface area contributed by atoms with Gasteiger partial charge in [0.05, 0.1) is 0 Å². The van der Waals surface area contributed by atoms with Crippen molar-refractivity contribution in [1.82, 2.24) is 20.9 Å². The molecule has 6 heteroatoms. The molecule has 2 unspecified atom stereocenters. The molecule has 0 spiro atoms. The van der Waals surface area contributed by atoms with Crippen LogP contribution in [0.5, 0.6) is 0 Å². The number of guanidine groups is 1. The molecule has 1 saturated heterocycles. The molecule has 1 fully saturated rings. The summed E-state index contributed by atoms with van der Waals surface area (Å²) in [5, 5.41) is 11.1. The van der Waals surface area contributed by atoms with Gasteiger partial charge in [0.2, 0.25) is 0 Å². The molecular weight excluding hydrogens is 386 g/mol. The van der Waals surface area contributed by atoms with Gasteiger partial charge in [-0.3, -0.25) is 4.99 Å². The lowest BCUT2D eigenvalue weighted by atomic mass is 9.88. The molecule has 6 nitrogen and oxygen atoms in total. The highest BCUT2D eigenvalue weighted by atomic mass is 16.5. The van der Waals surface area contributed by atoms with Gasteiger partial charge in [0.1, 0.15) is 0 Å². The topological polar surface area (TPSA) is 60.9 Å². The molecule has 1 aromatic rings. The predicted molar refractivity (Wildman–Crippen MR) is 132 cm³/mol. The van der Waals surface area contributed by atoms with Crippen molar-refractivity contribution in [2.75, 3.05) is 46.4 Å². The van der Waals surface area contributed by atoms with E-state index in [1.165, 1.54) is 12.0 Å². The van der Waals surface area contributed by atoms with Gasteiger partial charge < -0.3 is 25.6 Å². The van der Waals surface area contributed by atoms with Crippen molar-refractivity contribution in [1.29, 1.82) is 0 Å². The minimum atomic E-state index is -0.00286. The zero-order valence-corrected chi connectivity index (χ0v) is 20.4. The van der Waals surface area contributed by atoms with Gasteiger partial charge in [0.15, 0.2) is 5.96 Å². The van der Waals surface area contributed by atoms with Crippen LogP contribution in [-0.4, -0.2) is 68.9 Å². The molecule has 3 N–H and O–H groups in total. The number of rotatable bonds is 12. The van der Waals surface area contributed by atoms with Crippen molar-refractivity contribution < 1.29 is 4.74 Å². The van der Waals surface area contributed by atoms with E-state index in [0.29, 0.717) is 6.04 Å². The maximum absolute atomic E-state index is 5.67. The summed E-state index contributed by atoms with van der Waals surface area (Å²) in [7, 11) is 1.86. The Morgan fingerprint density at radius 3 is 2.42 bits per heavy atom. The van der Waals surface area contributed by atoms with E-state index in [2.05, 4.69) is 83.9 Å². The molecule has 1 aliphatic rings. The number of aliphatic imine (C=N–C) groups is 1. The van der Waals surface area contributed by atoms with Gasteiger partial charge in [0, 0.05) is 44.4 Å². The lowest BCUT2D eigenvalue weighted by molar-refractivity contribution is 0.0354. The quantitative estimate of drug-likeness (QED) is 0.349. The molecule has 1 heterocycles. The van der Waals surface area contributed by atoms with E-state index < -0.39 is 0 Å². The van der Waals surface area contributed by atoms with Crippen molar-refractivity contribution in [3.05, 3.63) is 35.9 Å². The molecule has 176 valence electrons. The van der Waals surface area contributed by atoms with Crippen LogP contribution < -0.4 is 16.0 Å². The average molecular weight is 432 g/mol. The third-order valence-corrected chi connectivity index (χ3v) is 6.48. The molecule has 0 bridgehead atoms. The van der Waals surface area contributed by atoms with E-state index in [0.717, 1.165) is 64.6 Å². The summed E-state index contributed by atoms with van der Waals surface area (Å²) in [5.74, 6) is 0.885. The van der Waals surface area contributed by atoms with Crippen LogP contribution in [-0.2, 0) is 4.74 Å². The van der Waals surface area contributed by atoms with Crippen LogP contribution in [0.25, 0.3) is 0 Å². The Bertz CT molecular complexity index is 626. The second-order valence-electron chi connectivity index (χ2n) is 8.81. The van der Waals surface area contributed by atoms with Crippen LogP contribution >= 0.6 is 0 Å². The molecule has 0 aliphatic carbocycles. The van der Waals surface area contributed by atoms with Crippen molar-refractivity contribution in [2.45, 2.75) is 71.0 Å². The number of hydrogen-bond donors (Lipinski definition) is 3. The molecular formula is C25H45N5O. The maximum Gasteiger partial charge on any atom is 0.191 e. The van der Waals surface area contributed by atoms with Crippen LogP contribution in [0.15, 0.2) is 35.3 Å². The smallest absolute Gasteiger partial charge is 0.191 e. The normalized spacial score (nSPS) is 18.6. The number of nitrogens with zero attached hydrogens (tertiary/aromatic N) is 2. The Hall–Kier alpha value is -1.63. The van der Waals surface area contributed by atoms with Crippen LogP contribution in [0, 0.1) is 0 Å². The Labute approximate surface area is 190 Å². The standard InChI is InChI=1S/C25H45N5O/c1-6-30(7-2)17-11-12-21(3)28-24(26-5)27-20-25(15-18-31-19-16-25)29-22(4)23-13-9-8-10-14-23/h8-10,13-14,21-22,29H,6-7,11-12,15-20H2,1-5H3,(H2,26,27,28). The molecule has 0 aromatic heterocycles. The summed E-state index contributed by atoms with van der Waals surface area (Å²) in [5.41, 5.74) is 1.31. The summed E-state index contributed by atoms with van der Waals surface area (Å²) in [6.07, 6.45) is 4.32. The van der Waals surface area contributed by atoms with Gasteiger partial charge in [0.25, 0.3) is 0 Å². The summed E-state index contributed by atoms with van der Waals surface area (Å²) in [4.78, 5) is 6.96. The van der Waals surface area contributed by atoms with E-state index in [-0.39, 0.29) is 11.6 Å². The second-order valence-corrected chi connectivity index (χ2v) is 8.81. The average Bonchev–Trinajstić information content (AvgIpc) is 2.80. The zero-order valence-electron chi connectivity index (χ0n) is 20.4. The first-order valence-electron chi connectivity index (χ1n) is 12.1. The van der Waals surface area contributed by atoms with Crippen molar-refractivity contribution in [3.8, 4) is 0 Å². The van der Waals surface area contributed by atoms with Gasteiger partial charge in [-0.2, -0.15) is 0 Å². The molecule has 2 atom stereocenters. The minimum absolute atomic E-state index is 0.00286. The predicted octanol–water partition coefficient (Wildman–Crippen LogP) is 3.56. The van der Waals surface area contributed by atoms with E-state index in [9.17, 15) is 0 Å². The summed E-state index contributed by atoms with van der Waals surface area (Å²) in [6.45, 7) is 14.8. The van der Waals surface area contributed by atoms with Gasteiger partial charge in [-0.05, 0) is 64.7 Å². The first kappa shape index (κ1) is 25.6.